The van der Waals surface area contributed by atoms with Gasteiger partial charge in [-0.3, -0.25) is 4.79 Å². The molecule has 3 rings (SSSR count). The topological polar surface area (TPSA) is 58.1 Å². The van der Waals surface area contributed by atoms with E-state index < -0.39 is 0 Å². The van der Waals surface area contributed by atoms with Crippen molar-refractivity contribution in [3.05, 3.63) is 52.8 Å². The molecule has 0 saturated carbocycles. The van der Waals surface area contributed by atoms with E-state index in [0.717, 1.165) is 37.9 Å². The molecule has 0 unspecified atom stereocenters. The van der Waals surface area contributed by atoms with Gasteiger partial charge in [-0.25, -0.2) is 9.97 Å². The molecule has 23 heavy (non-hydrogen) atoms. The van der Waals surface area contributed by atoms with Crippen molar-refractivity contribution < 1.29 is 4.79 Å². The molecular formula is C17H19ClN4O. The largest absolute Gasteiger partial charge is 0.350 e. The minimum absolute atomic E-state index is 0.165. The normalized spacial score (nSPS) is 14.0. The molecule has 0 atom stereocenters. The monoisotopic (exact) mass is 330 g/mol. The van der Waals surface area contributed by atoms with Crippen LogP contribution in [0.15, 0.2) is 36.5 Å². The van der Waals surface area contributed by atoms with Gasteiger partial charge in [0.05, 0.1) is 0 Å². The molecule has 1 aromatic carbocycles. The highest BCUT2D eigenvalue weighted by atomic mass is 35.5. The van der Waals surface area contributed by atoms with E-state index in [0.29, 0.717) is 23.2 Å². The minimum atomic E-state index is -0.165. The molecule has 6 heteroatoms. The summed E-state index contributed by atoms with van der Waals surface area (Å²) in [5.74, 6) is 0.481. The van der Waals surface area contributed by atoms with Crippen LogP contribution in [0.1, 0.15) is 28.9 Å². The van der Waals surface area contributed by atoms with Gasteiger partial charge in [0.2, 0.25) is 5.95 Å². The van der Waals surface area contributed by atoms with Crippen LogP contribution in [0.2, 0.25) is 5.02 Å². The van der Waals surface area contributed by atoms with Gasteiger partial charge >= 0.3 is 0 Å². The lowest BCUT2D eigenvalue weighted by atomic mass is 10.1. The summed E-state index contributed by atoms with van der Waals surface area (Å²) in [5.41, 5.74) is 1.55. The van der Waals surface area contributed by atoms with Gasteiger partial charge in [-0.1, -0.05) is 23.7 Å². The van der Waals surface area contributed by atoms with Gasteiger partial charge < -0.3 is 10.2 Å². The summed E-state index contributed by atoms with van der Waals surface area (Å²) in [4.78, 5) is 23.0. The van der Waals surface area contributed by atoms with Gasteiger partial charge in [0, 0.05) is 30.9 Å². The molecule has 120 valence electrons. The molecule has 0 spiro atoms. The fraction of sp³-hybridized carbons (Fsp3) is 0.353. The number of nitrogens with one attached hydrogen (secondary N) is 1. The molecule has 1 saturated heterocycles. The van der Waals surface area contributed by atoms with Crippen molar-refractivity contribution in [1.82, 2.24) is 15.3 Å². The van der Waals surface area contributed by atoms with Gasteiger partial charge in [-0.05, 0) is 43.0 Å². The lowest BCUT2D eigenvalue weighted by molar-refractivity contribution is 0.0949. The number of hydrogen-bond acceptors (Lipinski definition) is 4. The average Bonchev–Trinajstić information content (AvgIpc) is 3.11. The maximum Gasteiger partial charge on any atom is 0.270 e. The van der Waals surface area contributed by atoms with Crippen LogP contribution >= 0.6 is 11.6 Å². The third-order valence-electron chi connectivity index (χ3n) is 3.88. The summed E-state index contributed by atoms with van der Waals surface area (Å²) in [6.45, 7) is 2.48. The molecule has 2 heterocycles. The first-order valence-corrected chi connectivity index (χ1v) is 8.21. The molecule has 1 aliphatic rings. The van der Waals surface area contributed by atoms with E-state index >= 15 is 0 Å². The fourth-order valence-corrected chi connectivity index (χ4v) is 2.73. The first-order valence-electron chi connectivity index (χ1n) is 7.83. The number of aromatic nitrogens is 2. The van der Waals surface area contributed by atoms with Gasteiger partial charge in [-0.2, -0.15) is 0 Å². The van der Waals surface area contributed by atoms with E-state index in [9.17, 15) is 4.79 Å². The second-order valence-electron chi connectivity index (χ2n) is 5.57. The van der Waals surface area contributed by atoms with Crippen LogP contribution in [-0.2, 0) is 6.42 Å². The molecule has 0 aliphatic carbocycles. The zero-order valence-corrected chi connectivity index (χ0v) is 13.6. The number of carbonyl (C=O) groups excluding carboxylic acids is 1. The smallest absolute Gasteiger partial charge is 0.270 e. The summed E-state index contributed by atoms with van der Waals surface area (Å²) in [7, 11) is 0. The lowest BCUT2D eigenvalue weighted by Gasteiger charge is -2.15. The number of amides is 1. The lowest BCUT2D eigenvalue weighted by Crippen LogP contribution is -2.28. The Kier molecular flexibility index (Phi) is 5.08. The Morgan fingerprint density at radius 2 is 1.91 bits per heavy atom. The van der Waals surface area contributed by atoms with Crippen molar-refractivity contribution in [1.29, 1.82) is 0 Å². The van der Waals surface area contributed by atoms with Crippen LogP contribution in [0.4, 0.5) is 5.95 Å². The summed E-state index contributed by atoms with van der Waals surface area (Å²) in [5, 5.41) is 3.62. The molecule has 2 aromatic rings. The Hall–Kier alpha value is -2.14. The Labute approximate surface area is 140 Å². The zero-order valence-electron chi connectivity index (χ0n) is 12.8. The van der Waals surface area contributed by atoms with Crippen molar-refractivity contribution in [2.75, 3.05) is 24.5 Å². The Bertz CT molecular complexity index is 669. The van der Waals surface area contributed by atoms with Gasteiger partial charge in [0.1, 0.15) is 5.69 Å². The van der Waals surface area contributed by atoms with E-state index in [1.807, 2.05) is 24.3 Å². The number of anilines is 1. The van der Waals surface area contributed by atoms with Gasteiger partial charge in [0.15, 0.2) is 0 Å². The summed E-state index contributed by atoms with van der Waals surface area (Å²) in [6.07, 6.45) is 4.71. The van der Waals surface area contributed by atoms with Crippen LogP contribution < -0.4 is 10.2 Å². The van der Waals surface area contributed by atoms with E-state index in [1.54, 1.807) is 12.3 Å². The van der Waals surface area contributed by atoms with E-state index in [-0.39, 0.29) is 5.91 Å². The first-order chi connectivity index (χ1) is 11.2. The minimum Gasteiger partial charge on any atom is -0.350 e. The molecule has 1 aromatic heterocycles. The molecule has 1 fully saturated rings. The Balaban J connectivity index is 1.55. The number of benzene rings is 1. The number of carbonyl (C=O) groups is 1. The third kappa shape index (κ3) is 4.20. The van der Waals surface area contributed by atoms with Crippen LogP contribution in [0.25, 0.3) is 0 Å². The molecule has 1 amide bonds. The zero-order chi connectivity index (χ0) is 16.1. The summed E-state index contributed by atoms with van der Waals surface area (Å²) in [6, 6.07) is 9.28. The van der Waals surface area contributed by atoms with Crippen LogP contribution in [0.5, 0.6) is 0 Å². The molecule has 1 N–H and O–H groups in total. The SMILES string of the molecule is O=C(NCCc1ccc(Cl)cc1)c1ccnc(N2CCCC2)n1. The standard InChI is InChI=1S/C17H19ClN4O/c18-14-5-3-13(4-6-14)7-9-19-16(23)15-8-10-20-17(21-15)22-11-1-2-12-22/h3-6,8,10H,1-2,7,9,11-12H2,(H,19,23). The van der Waals surface area contributed by atoms with Gasteiger partial charge in [-0.15, -0.1) is 0 Å². The van der Waals surface area contributed by atoms with Gasteiger partial charge in [0.25, 0.3) is 5.91 Å². The first kappa shape index (κ1) is 15.7. The quantitative estimate of drug-likeness (QED) is 0.915. The Morgan fingerprint density at radius 1 is 1.17 bits per heavy atom. The maximum atomic E-state index is 12.2. The van der Waals surface area contributed by atoms with Crippen molar-refractivity contribution in [2.24, 2.45) is 0 Å². The van der Waals surface area contributed by atoms with Crippen LogP contribution in [0, 0.1) is 0 Å². The fourth-order valence-electron chi connectivity index (χ4n) is 2.61. The molecular weight excluding hydrogens is 312 g/mol. The third-order valence-corrected chi connectivity index (χ3v) is 4.13. The second kappa shape index (κ2) is 7.42. The van der Waals surface area contributed by atoms with Crippen molar-refractivity contribution in [3.8, 4) is 0 Å². The predicted octanol–water partition coefficient (Wildman–Crippen LogP) is 2.70. The Morgan fingerprint density at radius 3 is 2.65 bits per heavy atom. The van der Waals surface area contributed by atoms with Crippen molar-refractivity contribution in [3.63, 3.8) is 0 Å². The highest BCUT2D eigenvalue weighted by Gasteiger charge is 2.16. The van der Waals surface area contributed by atoms with E-state index in [1.165, 1.54) is 0 Å². The van der Waals surface area contributed by atoms with E-state index in [4.69, 9.17) is 11.6 Å². The molecule has 0 bridgehead atoms. The second-order valence-corrected chi connectivity index (χ2v) is 6.00. The average molecular weight is 331 g/mol. The number of hydrogen-bond donors (Lipinski definition) is 1. The molecule has 0 radical (unpaired) electrons. The maximum absolute atomic E-state index is 12.2. The molecule has 1 aliphatic heterocycles. The number of halogens is 1. The summed E-state index contributed by atoms with van der Waals surface area (Å²) < 4.78 is 0. The highest BCUT2D eigenvalue weighted by molar-refractivity contribution is 6.30. The van der Waals surface area contributed by atoms with E-state index in [2.05, 4.69) is 20.2 Å². The summed E-state index contributed by atoms with van der Waals surface area (Å²) >= 11 is 5.86. The number of nitrogens with zero attached hydrogens (tertiary/aromatic N) is 3. The van der Waals surface area contributed by atoms with Crippen molar-refractivity contribution in [2.45, 2.75) is 19.3 Å². The highest BCUT2D eigenvalue weighted by Crippen LogP contribution is 2.15. The van der Waals surface area contributed by atoms with Crippen LogP contribution in [0.3, 0.4) is 0 Å². The van der Waals surface area contributed by atoms with Crippen LogP contribution in [-0.4, -0.2) is 35.5 Å². The van der Waals surface area contributed by atoms with Crippen molar-refractivity contribution >= 4 is 23.5 Å². The molecule has 5 nitrogen and oxygen atoms in total. The predicted molar refractivity (Wildman–Crippen MR) is 91.0 cm³/mol. The number of rotatable bonds is 5.